The van der Waals surface area contributed by atoms with E-state index in [1.807, 2.05) is 0 Å². The zero-order valence-corrected chi connectivity index (χ0v) is 12.6. The van der Waals surface area contributed by atoms with Gasteiger partial charge in [0.25, 0.3) is 5.69 Å². The van der Waals surface area contributed by atoms with Crippen LogP contribution in [0.4, 0.5) is 5.69 Å². The molecule has 1 aromatic rings. The highest BCUT2D eigenvalue weighted by atomic mass is 16.6. The highest BCUT2D eigenvalue weighted by Gasteiger charge is 2.29. The summed E-state index contributed by atoms with van der Waals surface area (Å²) in [4.78, 5) is 33.4. The first-order valence-corrected chi connectivity index (χ1v) is 6.80. The van der Waals surface area contributed by atoms with Crippen LogP contribution in [0.5, 0.6) is 0 Å². The number of hydrazone groups is 2. The Labute approximate surface area is 131 Å². The standard InChI is InChI=1S/C14H15N5O4/c1-8(10-3-5-11(6-4-10)19(22)23)15-17-13(20)7-12-9(2)16-18-14(12)21/h3-6,12H,7H2,1-2H3,(H,17,20)(H,18,21). The molecular weight excluding hydrogens is 302 g/mol. The number of carbonyl (C=O) groups is 2. The summed E-state index contributed by atoms with van der Waals surface area (Å²) in [5, 5.41) is 18.3. The van der Waals surface area contributed by atoms with Gasteiger partial charge in [-0.1, -0.05) is 0 Å². The van der Waals surface area contributed by atoms with E-state index in [-0.39, 0.29) is 18.0 Å². The number of nitro groups is 1. The van der Waals surface area contributed by atoms with Crippen LogP contribution in [0.25, 0.3) is 0 Å². The Morgan fingerprint density at radius 3 is 2.61 bits per heavy atom. The first-order valence-electron chi connectivity index (χ1n) is 6.80. The molecule has 0 radical (unpaired) electrons. The molecule has 23 heavy (non-hydrogen) atoms. The Morgan fingerprint density at radius 2 is 2.09 bits per heavy atom. The molecule has 2 N–H and O–H groups in total. The second-order valence-electron chi connectivity index (χ2n) is 5.02. The maximum atomic E-state index is 11.8. The van der Waals surface area contributed by atoms with E-state index in [1.54, 1.807) is 26.0 Å². The normalized spacial score (nSPS) is 17.5. The van der Waals surface area contributed by atoms with Gasteiger partial charge in [0, 0.05) is 24.3 Å². The number of benzene rings is 1. The van der Waals surface area contributed by atoms with Gasteiger partial charge in [0.15, 0.2) is 0 Å². The van der Waals surface area contributed by atoms with Gasteiger partial charge in [0.2, 0.25) is 11.8 Å². The molecule has 0 aliphatic carbocycles. The quantitative estimate of drug-likeness (QED) is 0.476. The molecule has 1 heterocycles. The van der Waals surface area contributed by atoms with Crippen LogP contribution in [-0.2, 0) is 9.59 Å². The lowest BCUT2D eigenvalue weighted by molar-refractivity contribution is -0.384. The van der Waals surface area contributed by atoms with E-state index in [9.17, 15) is 19.7 Å². The summed E-state index contributed by atoms with van der Waals surface area (Å²) in [6, 6.07) is 5.81. The fraction of sp³-hybridized carbons (Fsp3) is 0.286. The van der Waals surface area contributed by atoms with Crippen molar-refractivity contribution in [3.05, 3.63) is 39.9 Å². The molecule has 0 fully saturated rings. The van der Waals surface area contributed by atoms with Crippen LogP contribution in [0.1, 0.15) is 25.8 Å². The van der Waals surface area contributed by atoms with Crippen molar-refractivity contribution in [3.63, 3.8) is 0 Å². The second kappa shape index (κ2) is 6.77. The molecule has 1 unspecified atom stereocenters. The van der Waals surface area contributed by atoms with E-state index in [2.05, 4.69) is 21.1 Å². The SMILES string of the molecule is CC(=NNC(=O)CC1C(=O)NN=C1C)c1ccc([N+](=O)[O-])cc1. The maximum Gasteiger partial charge on any atom is 0.269 e. The Balaban J connectivity index is 1.96. The number of nitrogens with zero attached hydrogens (tertiary/aromatic N) is 3. The van der Waals surface area contributed by atoms with E-state index in [4.69, 9.17) is 0 Å². The van der Waals surface area contributed by atoms with Crippen LogP contribution in [0, 0.1) is 16.0 Å². The molecule has 1 aliphatic heterocycles. The summed E-state index contributed by atoms with van der Waals surface area (Å²) < 4.78 is 0. The molecule has 0 aromatic heterocycles. The topological polar surface area (TPSA) is 126 Å². The van der Waals surface area contributed by atoms with E-state index in [1.165, 1.54) is 12.1 Å². The number of non-ortho nitro benzene ring substituents is 1. The predicted octanol–water partition coefficient (Wildman–Crippen LogP) is 0.947. The minimum atomic E-state index is -0.579. The Bertz CT molecular complexity index is 708. The lowest BCUT2D eigenvalue weighted by atomic mass is 10.0. The van der Waals surface area contributed by atoms with Crippen molar-refractivity contribution in [1.29, 1.82) is 0 Å². The minimum absolute atomic E-state index is 0.0207. The molecular formula is C14H15N5O4. The third-order valence-corrected chi connectivity index (χ3v) is 3.40. The van der Waals surface area contributed by atoms with Crippen LogP contribution in [0.2, 0.25) is 0 Å². The van der Waals surface area contributed by atoms with E-state index < -0.39 is 16.7 Å². The number of hydrogen-bond donors (Lipinski definition) is 2. The average Bonchev–Trinajstić information content (AvgIpc) is 2.84. The molecule has 9 heteroatoms. The van der Waals surface area contributed by atoms with Gasteiger partial charge in [-0.2, -0.15) is 10.2 Å². The molecule has 0 saturated carbocycles. The van der Waals surface area contributed by atoms with Gasteiger partial charge in [0.1, 0.15) is 0 Å². The Hall–Kier alpha value is -3.10. The average molecular weight is 317 g/mol. The van der Waals surface area contributed by atoms with Crippen molar-refractivity contribution >= 4 is 28.9 Å². The first kappa shape index (κ1) is 16.3. The fourth-order valence-corrected chi connectivity index (χ4v) is 2.00. The number of carbonyl (C=O) groups excluding carboxylic acids is 2. The van der Waals surface area contributed by atoms with E-state index in [0.29, 0.717) is 17.0 Å². The van der Waals surface area contributed by atoms with Crippen LogP contribution in [0.15, 0.2) is 34.5 Å². The van der Waals surface area contributed by atoms with Crippen molar-refractivity contribution < 1.29 is 14.5 Å². The third-order valence-electron chi connectivity index (χ3n) is 3.40. The number of nitrogens with one attached hydrogen (secondary N) is 2. The Morgan fingerprint density at radius 1 is 1.43 bits per heavy atom. The van der Waals surface area contributed by atoms with Gasteiger partial charge in [-0.15, -0.1) is 0 Å². The van der Waals surface area contributed by atoms with Crippen LogP contribution >= 0.6 is 0 Å². The molecule has 1 atom stereocenters. The number of rotatable bonds is 5. The number of nitro benzene ring substituents is 1. The molecule has 0 spiro atoms. The summed E-state index contributed by atoms with van der Waals surface area (Å²) in [7, 11) is 0. The Kier molecular flexibility index (Phi) is 4.79. The smallest absolute Gasteiger partial charge is 0.269 e. The van der Waals surface area contributed by atoms with Gasteiger partial charge in [-0.05, 0) is 31.5 Å². The van der Waals surface area contributed by atoms with Crippen molar-refractivity contribution in [2.45, 2.75) is 20.3 Å². The minimum Gasteiger partial charge on any atom is -0.273 e. The van der Waals surface area contributed by atoms with Crippen LogP contribution in [0.3, 0.4) is 0 Å². The maximum absolute atomic E-state index is 11.8. The molecule has 0 bridgehead atoms. The van der Waals surface area contributed by atoms with Gasteiger partial charge >= 0.3 is 0 Å². The van der Waals surface area contributed by atoms with Crippen molar-refractivity contribution in [1.82, 2.24) is 10.9 Å². The molecule has 1 aromatic carbocycles. The zero-order chi connectivity index (χ0) is 17.0. The van der Waals surface area contributed by atoms with Crippen molar-refractivity contribution in [2.75, 3.05) is 0 Å². The lowest BCUT2D eigenvalue weighted by Crippen LogP contribution is -2.29. The summed E-state index contributed by atoms with van der Waals surface area (Å²) in [5.74, 6) is -1.30. The predicted molar refractivity (Wildman–Crippen MR) is 82.8 cm³/mol. The summed E-state index contributed by atoms with van der Waals surface area (Å²) in [5.41, 5.74) is 6.35. The largest absolute Gasteiger partial charge is 0.273 e. The molecule has 9 nitrogen and oxygen atoms in total. The summed E-state index contributed by atoms with van der Waals surface area (Å²) >= 11 is 0. The lowest BCUT2D eigenvalue weighted by Gasteiger charge is -2.07. The summed E-state index contributed by atoms with van der Waals surface area (Å²) in [6.45, 7) is 3.33. The highest BCUT2D eigenvalue weighted by Crippen LogP contribution is 2.13. The second-order valence-corrected chi connectivity index (χ2v) is 5.02. The first-order chi connectivity index (χ1) is 10.9. The zero-order valence-electron chi connectivity index (χ0n) is 12.6. The third kappa shape index (κ3) is 3.96. The number of amides is 2. The molecule has 120 valence electrons. The van der Waals surface area contributed by atoms with Gasteiger partial charge < -0.3 is 0 Å². The molecule has 0 saturated heterocycles. The van der Waals surface area contributed by atoms with Gasteiger partial charge in [0.05, 0.1) is 16.6 Å². The van der Waals surface area contributed by atoms with E-state index >= 15 is 0 Å². The monoisotopic (exact) mass is 317 g/mol. The summed E-state index contributed by atoms with van der Waals surface area (Å²) in [6.07, 6.45) is -0.0434. The fourth-order valence-electron chi connectivity index (χ4n) is 2.00. The molecule has 2 rings (SSSR count). The van der Waals surface area contributed by atoms with Crippen LogP contribution in [-0.4, -0.2) is 28.2 Å². The van der Waals surface area contributed by atoms with Crippen molar-refractivity contribution in [3.8, 4) is 0 Å². The van der Waals surface area contributed by atoms with Gasteiger partial charge in [-0.25, -0.2) is 10.9 Å². The molecule has 2 amide bonds. The highest BCUT2D eigenvalue weighted by molar-refractivity contribution is 6.09. The van der Waals surface area contributed by atoms with Crippen LogP contribution < -0.4 is 10.9 Å². The van der Waals surface area contributed by atoms with E-state index in [0.717, 1.165) is 0 Å². The van der Waals surface area contributed by atoms with Crippen molar-refractivity contribution in [2.24, 2.45) is 16.1 Å². The molecule has 1 aliphatic rings. The number of hydrogen-bond acceptors (Lipinski definition) is 6. The van der Waals surface area contributed by atoms with Gasteiger partial charge in [-0.3, -0.25) is 19.7 Å².